The fourth-order valence-electron chi connectivity index (χ4n) is 1.82. The van der Waals surface area contributed by atoms with Crippen molar-refractivity contribution in [1.29, 1.82) is 0 Å². The Morgan fingerprint density at radius 1 is 1.39 bits per heavy atom. The summed E-state index contributed by atoms with van der Waals surface area (Å²) in [4.78, 5) is 0. The van der Waals surface area contributed by atoms with Crippen molar-refractivity contribution in [2.24, 2.45) is 5.84 Å². The molecule has 1 aromatic rings. The van der Waals surface area contributed by atoms with Gasteiger partial charge >= 0.3 is 6.18 Å². The van der Waals surface area contributed by atoms with E-state index in [1.54, 1.807) is 0 Å². The predicted octanol–water partition coefficient (Wildman–Crippen LogP) is 3.99. The molecule has 3 N–H and O–H groups in total. The molecule has 1 atom stereocenters. The lowest BCUT2D eigenvalue weighted by Gasteiger charge is -2.19. The molecule has 0 radical (unpaired) electrons. The molecule has 0 spiro atoms. The SMILES string of the molecule is Cc1ccc(Br)cc1C(CCCC(F)(F)F)NN. The number of benzene rings is 1. The summed E-state index contributed by atoms with van der Waals surface area (Å²) >= 11 is 3.35. The molecule has 1 unspecified atom stereocenters. The zero-order valence-corrected chi connectivity index (χ0v) is 11.6. The van der Waals surface area contributed by atoms with Gasteiger partial charge in [0.1, 0.15) is 0 Å². The standard InChI is InChI=1S/C12H16BrF3N2/c1-8-4-5-9(13)7-10(8)11(18-17)3-2-6-12(14,15)16/h4-5,7,11,18H,2-3,6,17H2,1H3. The lowest BCUT2D eigenvalue weighted by Crippen LogP contribution is -2.28. The van der Waals surface area contributed by atoms with Crippen LogP contribution in [0.25, 0.3) is 0 Å². The van der Waals surface area contributed by atoms with Gasteiger partial charge in [0.25, 0.3) is 0 Å². The minimum atomic E-state index is -4.11. The number of hydrogen-bond donors (Lipinski definition) is 2. The summed E-state index contributed by atoms with van der Waals surface area (Å²) in [7, 11) is 0. The van der Waals surface area contributed by atoms with Crippen LogP contribution in [-0.2, 0) is 0 Å². The van der Waals surface area contributed by atoms with Crippen molar-refractivity contribution in [3.63, 3.8) is 0 Å². The van der Waals surface area contributed by atoms with Crippen molar-refractivity contribution < 1.29 is 13.2 Å². The molecule has 2 nitrogen and oxygen atoms in total. The molecule has 0 fully saturated rings. The average molecular weight is 325 g/mol. The Labute approximate surface area is 113 Å². The van der Waals surface area contributed by atoms with Crippen LogP contribution < -0.4 is 11.3 Å². The summed E-state index contributed by atoms with van der Waals surface area (Å²) in [5.74, 6) is 5.43. The second-order valence-corrected chi connectivity index (χ2v) is 5.14. The summed E-state index contributed by atoms with van der Waals surface area (Å²) in [5.41, 5.74) is 4.52. The quantitative estimate of drug-likeness (QED) is 0.634. The Balaban J connectivity index is 2.68. The molecule has 0 amide bonds. The summed E-state index contributed by atoms with van der Waals surface area (Å²) in [6.45, 7) is 1.91. The number of nitrogens with one attached hydrogen (secondary N) is 1. The summed E-state index contributed by atoms with van der Waals surface area (Å²) in [5, 5.41) is 0. The van der Waals surface area contributed by atoms with Crippen LogP contribution in [0.2, 0.25) is 0 Å². The van der Waals surface area contributed by atoms with Crippen molar-refractivity contribution in [1.82, 2.24) is 5.43 Å². The highest BCUT2D eigenvalue weighted by molar-refractivity contribution is 9.10. The van der Waals surface area contributed by atoms with Crippen molar-refractivity contribution in [3.05, 3.63) is 33.8 Å². The molecule has 1 aromatic carbocycles. The van der Waals surface area contributed by atoms with Gasteiger partial charge in [0.2, 0.25) is 0 Å². The second kappa shape index (κ2) is 6.54. The normalized spacial score (nSPS) is 13.7. The van der Waals surface area contributed by atoms with E-state index in [1.807, 2.05) is 25.1 Å². The van der Waals surface area contributed by atoms with Gasteiger partial charge in [0.15, 0.2) is 0 Å². The van der Waals surface area contributed by atoms with Gasteiger partial charge in [-0.2, -0.15) is 13.2 Å². The van der Waals surface area contributed by atoms with Crippen LogP contribution in [0.15, 0.2) is 22.7 Å². The molecule has 1 rings (SSSR count). The Morgan fingerprint density at radius 2 is 2.06 bits per heavy atom. The third-order valence-corrected chi connectivity index (χ3v) is 3.26. The maximum Gasteiger partial charge on any atom is 0.389 e. The lowest BCUT2D eigenvalue weighted by atomic mass is 9.97. The van der Waals surface area contributed by atoms with Crippen LogP contribution in [0.4, 0.5) is 13.2 Å². The molecule has 0 bridgehead atoms. The molecule has 0 saturated heterocycles. The van der Waals surface area contributed by atoms with Crippen LogP contribution in [-0.4, -0.2) is 6.18 Å². The average Bonchev–Trinajstić information content (AvgIpc) is 2.27. The minimum absolute atomic E-state index is 0.0598. The van der Waals surface area contributed by atoms with Crippen molar-refractivity contribution >= 4 is 15.9 Å². The molecule has 0 aliphatic rings. The zero-order valence-electron chi connectivity index (χ0n) is 10.0. The number of hydrazine groups is 1. The van der Waals surface area contributed by atoms with E-state index in [1.165, 1.54) is 0 Å². The van der Waals surface area contributed by atoms with Gasteiger partial charge in [0.05, 0.1) is 0 Å². The van der Waals surface area contributed by atoms with E-state index in [4.69, 9.17) is 5.84 Å². The summed E-state index contributed by atoms with van der Waals surface area (Å²) < 4.78 is 37.2. The van der Waals surface area contributed by atoms with Crippen molar-refractivity contribution in [2.75, 3.05) is 0 Å². The minimum Gasteiger partial charge on any atom is -0.271 e. The molecule has 102 valence electrons. The first kappa shape index (κ1) is 15.5. The highest BCUT2D eigenvalue weighted by Gasteiger charge is 2.27. The largest absolute Gasteiger partial charge is 0.389 e. The Hall–Kier alpha value is -0.590. The maximum atomic E-state index is 12.1. The molecule has 0 saturated carbocycles. The number of alkyl halides is 3. The smallest absolute Gasteiger partial charge is 0.271 e. The van der Waals surface area contributed by atoms with Crippen LogP contribution in [0.1, 0.15) is 36.4 Å². The topological polar surface area (TPSA) is 38.0 Å². The Kier molecular flexibility index (Phi) is 5.62. The van der Waals surface area contributed by atoms with E-state index >= 15 is 0 Å². The summed E-state index contributed by atoms with van der Waals surface area (Å²) in [6, 6.07) is 5.42. The van der Waals surface area contributed by atoms with Gasteiger partial charge in [-0.1, -0.05) is 22.0 Å². The molecular weight excluding hydrogens is 309 g/mol. The molecule has 0 heterocycles. The van der Waals surface area contributed by atoms with Crippen LogP contribution in [0.5, 0.6) is 0 Å². The van der Waals surface area contributed by atoms with E-state index in [-0.39, 0.29) is 12.5 Å². The number of halogens is 4. The zero-order chi connectivity index (χ0) is 13.8. The number of rotatable bonds is 5. The number of hydrogen-bond acceptors (Lipinski definition) is 2. The first-order chi connectivity index (χ1) is 8.33. The highest BCUT2D eigenvalue weighted by atomic mass is 79.9. The molecule has 0 aliphatic carbocycles. The van der Waals surface area contributed by atoms with E-state index in [2.05, 4.69) is 21.4 Å². The fourth-order valence-corrected chi connectivity index (χ4v) is 2.20. The van der Waals surface area contributed by atoms with Gasteiger partial charge in [-0.3, -0.25) is 11.3 Å². The summed E-state index contributed by atoms with van der Waals surface area (Å²) in [6.07, 6.45) is -4.47. The number of nitrogens with two attached hydrogens (primary N) is 1. The molecule has 0 aromatic heterocycles. The molecule has 18 heavy (non-hydrogen) atoms. The van der Waals surface area contributed by atoms with Crippen molar-refractivity contribution in [3.8, 4) is 0 Å². The van der Waals surface area contributed by atoms with Crippen LogP contribution in [0.3, 0.4) is 0 Å². The van der Waals surface area contributed by atoms with E-state index in [0.29, 0.717) is 6.42 Å². The van der Waals surface area contributed by atoms with E-state index in [9.17, 15) is 13.2 Å². The van der Waals surface area contributed by atoms with Gasteiger partial charge in [-0.15, -0.1) is 0 Å². The van der Waals surface area contributed by atoms with Crippen molar-refractivity contribution in [2.45, 2.75) is 38.4 Å². The molecular formula is C12H16BrF3N2. The van der Waals surface area contributed by atoms with Gasteiger partial charge in [-0.05, 0) is 43.0 Å². The monoisotopic (exact) mass is 324 g/mol. The van der Waals surface area contributed by atoms with E-state index < -0.39 is 12.6 Å². The Morgan fingerprint density at radius 3 is 2.61 bits per heavy atom. The van der Waals surface area contributed by atoms with Crippen LogP contribution >= 0.6 is 15.9 Å². The molecule has 6 heteroatoms. The molecule has 0 aliphatic heterocycles. The lowest BCUT2D eigenvalue weighted by molar-refractivity contribution is -0.135. The second-order valence-electron chi connectivity index (χ2n) is 4.23. The van der Waals surface area contributed by atoms with E-state index in [0.717, 1.165) is 15.6 Å². The first-order valence-corrected chi connectivity index (χ1v) is 6.41. The first-order valence-electron chi connectivity index (χ1n) is 5.62. The van der Waals surface area contributed by atoms with Gasteiger partial charge in [-0.25, -0.2) is 0 Å². The fraction of sp³-hybridized carbons (Fsp3) is 0.500. The third-order valence-electron chi connectivity index (χ3n) is 2.77. The van der Waals surface area contributed by atoms with Gasteiger partial charge in [0, 0.05) is 16.9 Å². The third kappa shape index (κ3) is 4.96. The highest BCUT2D eigenvalue weighted by Crippen LogP contribution is 2.28. The predicted molar refractivity (Wildman–Crippen MR) is 68.8 cm³/mol. The maximum absolute atomic E-state index is 12.1. The van der Waals surface area contributed by atoms with Crippen LogP contribution in [0, 0.1) is 6.92 Å². The van der Waals surface area contributed by atoms with Gasteiger partial charge < -0.3 is 0 Å². The Bertz CT molecular complexity index is 393. The number of aryl methyl sites for hydroxylation is 1.